The van der Waals surface area contributed by atoms with Gasteiger partial charge in [0, 0.05) is 11.8 Å². The summed E-state index contributed by atoms with van der Waals surface area (Å²) in [6.07, 6.45) is 0. The molecule has 0 amide bonds. The highest BCUT2D eigenvalue weighted by atomic mass is 16.1. The zero-order valence-corrected chi connectivity index (χ0v) is 8.82. The van der Waals surface area contributed by atoms with Crippen molar-refractivity contribution in [3.63, 3.8) is 0 Å². The first-order chi connectivity index (χ1) is 7.72. The maximum atomic E-state index is 11.6. The van der Waals surface area contributed by atoms with Crippen molar-refractivity contribution in [2.24, 2.45) is 0 Å². The molecule has 1 N–H and O–H groups in total. The molecule has 1 aromatic heterocycles. The van der Waals surface area contributed by atoms with Gasteiger partial charge in [-0.25, -0.2) is 0 Å². The fraction of sp³-hybridized carbons (Fsp3) is 0.0769. The number of benzene rings is 1. The van der Waals surface area contributed by atoms with Crippen LogP contribution in [0, 0.1) is 18.3 Å². The van der Waals surface area contributed by atoms with Gasteiger partial charge in [0.25, 0.3) is 0 Å². The lowest BCUT2D eigenvalue weighted by Crippen LogP contribution is -2.09. The molecule has 0 saturated heterocycles. The summed E-state index contributed by atoms with van der Waals surface area (Å²) in [6.45, 7) is 1.80. The van der Waals surface area contributed by atoms with Crippen molar-refractivity contribution in [3.8, 4) is 17.3 Å². The molecule has 0 radical (unpaired) electrons. The van der Waals surface area contributed by atoms with Gasteiger partial charge in [-0.05, 0) is 12.5 Å². The topological polar surface area (TPSA) is 56.6 Å². The Hall–Kier alpha value is -2.34. The van der Waals surface area contributed by atoms with Crippen molar-refractivity contribution < 1.29 is 0 Å². The van der Waals surface area contributed by atoms with Gasteiger partial charge in [0.2, 0.25) is 0 Å². The molecule has 0 unspecified atom stereocenters. The predicted octanol–water partition coefficient (Wildman–Crippen LogP) is 2.22. The van der Waals surface area contributed by atoms with Crippen LogP contribution in [0.15, 0.2) is 41.2 Å². The van der Waals surface area contributed by atoms with Crippen molar-refractivity contribution in [2.45, 2.75) is 6.92 Å². The van der Waals surface area contributed by atoms with Crippen LogP contribution in [0.4, 0.5) is 0 Å². The van der Waals surface area contributed by atoms with E-state index in [0.717, 1.165) is 11.3 Å². The molecule has 2 aromatic rings. The van der Waals surface area contributed by atoms with E-state index in [1.54, 1.807) is 6.92 Å². The van der Waals surface area contributed by atoms with E-state index in [1.165, 1.54) is 6.07 Å². The summed E-state index contributed by atoms with van der Waals surface area (Å²) in [6, 6.07) is 12.8. The Balaban J connectivity index is 2.75. The summed E-state index contributed by atoms with van der Waals surface area (Å²) >= 11 is 0. The number of aryl methyl sites for hydroxylation is 1. The lowest BCUT2D eigenvalue weighted by molar-refractivity contribution is 1.17. The van der Waals surface area contributed by atoms with E-state index < -0.39 is 0 Å². The Bertz CT molecular complexity index is 606. The number of nitriles is 1. The lowest BCUT2D eigenvalue weighted by Gasteiger charge is -2.05. The second-order valence-corrected chi connectivity index (χ2v) is 3.54. The summed E-state index contributed by atoms with van der Waals surface area (Å²) in [5.41, 5.74) is 2.12. The van der Waals surface area contributed by atoms with E-state index in [1.807, 2.05) is 36.4 Å². The smallest absolute Gasteiger partial charge is 0.200 e. The molecule has 78 valence electrons. The molecule has 0 bridgehead atoms. The quantitative estimate of drug-likeness (QED) is 0.784. The van der Waals surface area contributed by atoms with Crippen molar-refractivity contribution >= 4 is 0 Å². The Kier molecular flexibility index (Phi) is 2.57. The minimum absolute atomic E-state index is 0.164. The molecule has 0 aliphatic heterocycles. The van der Waals surface area contributed by atoms with Gasteiger partial charge >= 0.3 is 0 Å². The number of aromatic amines is 1. The van der Waals surface area contributed by atoms with Gasteiger partial charge in [-0.2, -0.15) is 5.26 Å². The van der Waals surface area contributed by atoms with Gasteiger partial charge in [0.15, 0.2) is 5.43 Å². The standard InChI is InChI=1S/C13H10N2O/c1-9-7-12(16)11(8-14)13(15-9)10-5-3-2-4-6-10/h2-7H,1H3,(H,15,16). The summed E-state index contributed by atoms with van der Waals surface area (Å²) in [5, 5.41) is 8.98. The highest BCUT2D eigenvalue weighted by molar-refractivity contribution is 5.66. The zero-order valence-electron chi connectivity index (χ0n) is 8.82. The van der Waals surface area contributed by atoms with Crippen LogP contribution in [0.2, 0.25) is 0 Å². The van der Waals surface area contributed by atoms with Crippen LogP contribution in [-0.2, 0) is 0 Å². The molecule has 0 fully saturated rings. The molecular formula is C13H10N2O. The first-order valence-electron chi connectivity index (χ1n) is 4.92. The summed E-state index contributed by atoms with van der Waals surface area (Å²) in [7, 11) is 0. The van der Waals surface area contributed by atoms with E-state index in [9.17, 15) is 4.79 Å². The van der Waals surface area contributed by atoms with Gasteiger partial charge in [-0.15, -0.1) is 0 Å². The second kappa shape index (κ2) is 4.03. The zero-order chi connectivity index (χ0) is 11.5. The largest absolute Gasteiger partial charge is 0.357 e. The molecular weight excluding hydrogens is 200 g/mol. The number of nitrogens with zero attached hydrogens (tertiary/aromatic N) is 1. The first-order valence-corrected chi connectivity index (χ1v) is 4.92. The second-order valence-electron chi connectivity index (χ2n) is 3.54. The van der Waals surface area contributed by atoms with Crippen molar-refractivity contribution in [1.29, 1.82) is 5.26 Å². The molecule has 0 saturated carbocycles. The molecule has 2 rings (SSSR count). The highest BCUT2D eigenvalue weighted by Crippen LogP contribution is 2.18. The van der Waals surface area contributed by atoms with Crippen LogP contribution in [0.3, 0.4) is 0 Å². The third-order valence-corrected chi connectivity index (χ3v) is 2.34. The monoisotopic (exact) mass is 210 g/mol. The Morgan fingerprint density at radius 1 is 1.25 bits per heavy atom. The minimum Gasteiger partial charge on any atom is -0.357 e. The van der Waals surface area contributed by atoms with E-state index in [2.05, 4.69) is 4.98 Å². The molecule has 3 nitrogen and oxygen atoms in total. The number of aromatic nitrogens is 1. The van der Waals surface area contributed by atoms with E-state index in [-0.39, 0.29) is 11.0 Å². The van der Waals surface area contributed by atoms with Gasteiger partial charge in [-0.3, -0.25) is 4.79 Å². The number of pyridine rings is 1. The Labute approximate surface area is 93.0 Å². The van der Waals surface area contributed by atoms with Gasteiger partial charge in [0.1, 0.15) is 11.6 Å². The van der Waals surface area contributed by atoms with E-state index in [0.29, 0.717) is 5.69 Å². The fourth-order valence-corrected chi connectivity index (χ4v) is 1.62. The Morgan fingerprint density at radius 3 is 2.56 bits per heavy atom. The maximum Gasteiger partial charge on any atom is 0.200 e. The van der Waals surface area contributed by atoms with Crippen molar-refractivity contribution in [3.05, 3.63) is 57.9 Å². The van der Waals surface area contributed by atoms with Crippen LogP contribution in [0.25, 0.3) is 11.3 Å². The number of hydrogen-bond acceptors (Lipinski definition) is 2. The van der Waals surface area contributed by atoms with Crippen LogP contribution in [-0.4, -0.2) is 4.98 Å². The lowest BCUT2D eigenvalue weighted by atomic mass is 10.1. The van der Waals surface area contributed by atoms with Gasteiger partial charge in [0.05, 0.1) is 5.69 Å². The molecule has 0 atom stereocenters. The molecule has 3 heteroatoms. The van der Waals surface area contributed by atoms with Crippen LogP contribution in [0.5, 0.6) is 0 Å². The normalized spacial score (nSPS) is 9.75. The summed E-state index contributed by atoms with van der Waals surface area (Å²) in [4.78, 5) is 14.7. The first kappa shape index (κ1) is 10.2. The number of hydrogen-bond donors (Lipinski definition) is 1. The van der Waals surface area contributed by atoms with Crippen molar-refractivity contribution in [2.75, 3.05) is 0 Å². The van der Waals surface area contributed by atoms with Crippen LogP contribution < -0.4 is 5.43 Å². The predicted molar refractivity (Wildman–Crippen MR) is 62.0 cm³/mol. The SMILES string of the molecule is Cc1cc(=O)c(C#N)c(-c2ccccc2)[nH]1. The molecule has 16 heavy (non-hydrogen) atoms. The molecule has 0 spiro atoms. The van der Waals surface area contributed by atoms with Gasteiger partial charge in [-0.1, -0.05) is 30.3 Å². The van der Waals surface area contributed by atoms with Crippen LogP contribution >= 0.6 is 0 Å². The number of rotatable bonds is 1. The number of nitrogens with one attached hydrogen (secondary N) is 1. The van der Waals surface area contributed by atoms with Crippen molar-refractivity contribution in [1.82, 2.24) is 4.98 Å². The van der Waals surface area contributed by atoms with Crippen LogP contribution in [0.1, 0.15) is 11.3 Å². The summed E-state index contributed by atoms with van der Waals surface area (Å²) < 4.78 is 0. The third-order valence-electron chi connectivity index (χ3n) is 2.34. The average Bonchev–Trinajstić information content (AvgIpc) is 2.29. The van der Waals surface area contributed by atoms with E-state index >= 15 is 0 Å². The third kappa shape index (κ3) is 1.73. The fourth-order valence-electron chi connectivity index (χ4n) is 1.62. The van der Waals surface area contributed by atoms with E-state index in [4.69, 9.17) is 5.26 Å². The molecule has 0 aliphatic carbocycles. The maximum absolute atomic E-state index is 11.6. The average molecular weight is 210 g/mol. The Morgan fingerprint density at radius 2 is 1.94 bits per heavy atom. The number of H-pyrrole nitrogens is 1. The summed E-state index contributed by atoms with van der Waals surface area (Å²) in [5.74, 6) is 0. The molecule has 1 aromatic carbocycles. The molecule has 1 heterocycles. The van der Waals surface area contributed by atoms with Gasteiger partial charge < -0.3 is 4.98 Å². The highest BCUT2D eigenvalue weighted by Gasteiger charge is 2.09. The minimum atomic E-state index is -0.238. The molecule has 0 aliphatic rings.